The minimum absolute atomic E-state index is 0.590. The molecule has 0 aliphatic carbocycles. The molecule has 0 spiro atoms. The molecular weight excluding hydrogens is 172 g/mol. The summed E-state index contributed by atoms with van der Waals surface area (Å²) in [6.07, 6.45) is 0. The third kappa shape index (κ3) is 1.01. The molecule has 0 bridgehead atoms. The summed E-state index contributed by atoms with van der Waals surface area (Å²) in [4.78, 5) is 0. The van der Waals surface area contributed by atoms with Crippen molar-refractivity contribution in [2.45, 2.75) is 13.0 Å². The Labute approximate surface area is 83.5 Å². The Hall–Kier alpha value is -1.28. The van der Waals surface area contributed by atoms with Gasteiger partial charge in [0.2, 0.25) is 0 Å². The van der Waals surface area contributed by atoms with Gasteiger partial charge in [0, 0.05) is 24.7 Å². The van der Waals surface area contributed by atoms with Crippen LogP contribution in [0.25, 0.3) is 10.9 Å². The molecule has 72 valence electrons. The van der Waals surface area contributed by atoms with Gasteiger partial charge in [-0.25, -0.2) is 0 Å². The van der Waals surface area contributed by atoms with Crippen LogP contribution in [-0.4, -0.2) is 11.1 Å². The van der Waals surface area contributed by atoms with E-state index in [0.717, 1.165) is 6.54 Å². The average molecular weight is 186 g/mol. The summed E-state index contributed by atoms with van der Waals surface area (Å²) in [5.74, 6) is 0. The molecule has 0 amide bonds. The number of benzene rings is 1. The number of nitrogens with one attached hydrogen (secondary N) is 1. The van der Waals surface area contributed by atoms with Gasteiger partial charge in [0.25, 0.3) is 0 Å². The van der Waals surface area contributed by atoms with Crippen LogP contribution in [0.1, 0.15) is 17.3 Å². The van der Waals surface area contributed by atoms with Crippen molar-refractivity contribution in [3.8, 4) is 0 Å². The Morgan fingerprint density at radius 3 is 2.86 bits per heavy atom. The smallest absolute Gasteiger partial charge is 0.0602 e. The molecule has 0 unspecified atom stereocenters. The normalized spacial score (nSPS) is 20.3. The fraction of sp³-hybridized carbons (Fsp3) is 0.333. The molecule has 0 radical (unpaired) electrons. The fourth-order valence-electron chi connectivity index (χ4n) is 2.24. The molecule has 1 aliphatic rings. The summed E-state index contributed by atoms with van der Waals surface area (Å²) in [6.45, 7) is 3.30. The first kappa shape index (κ1) is 8.06. The molecular formula is C12H14N2. The summed E-state index contributed by atoms with van der Waals surface area (Å²) in [7, 11) is 2.16. The van der Waals surface area contributed by atoms with E-state index in [9.17, 15) is 0 Å². The molecule has 14 heavy (non-hydrogen) atoms. The third-order valence-electron chi connectivity index (χ3n) is 3.06. The standard InChI is InChI=1S/C12H14N2/c1-8-4-3-5-9-6-11(10-7-13-10)14(2)12(8)9/h3-6,10,13H,7H2,1-2H3/t10-/m1/s1. The van der Waals surface area contributed by atoms with Crippen molar-refractivity contribution in [1.29, 1.82) is 0 Å². The van der Waals surface area contributed by atoms with Crippen LogP contribution >= 0.6 is 0 Å². The largest absolute Gasteiger partial charge is 0.346 e. The third-order valence-corrected chi connectivity index (χ3v) is 3.06. The molecule has 1 aliphatic heterocycles. The number of fused-ring (bicyclic) bond motifs is 1. The highest BCUT2D eigenvalue weighted by Crippen LogP contribution is 2.29. The van der Waals surface area contributed by atoms with Gasteiger partial charge in [0.1, 0.15) is 0 Å². The second kappa shape index (κ2) is 2.61. The fourth-order valence-corrected chi connectivity index (χ4v) is 2.24. The van der Waals surface area contributed by atoms with Crippen molar-refractivity contribution >= 4 is 10.9 Å². The van der Waals surface area contributed by atoms with Crippen molar-refractivity contribution in [3.05, 3.63) is 35.5 Å². The highest BCUT2D eigenvalue weighted by molar-refractivity contribution is 5.84. The highest BCUT2D eigenvalue weighted by atomic mass is 15.1. The molecule has 1 fully saturated rings. The van der Waals surface area contributed by atoms with Gasteiger partial charge < -0.3 is 9.88 Å². The maximum Gasteiger partial charge on any atom is 0.0602 e. The van der Waals surface area contributed by atoms with Crippen LogP contribution in [-0.2, 0) is 7.05 Å². The number of nitrogens with zero attached hydrogens (tertiary/aromatic N) is 1. The molecule has 2 aromatic rings. The van der Waals surface area contributed by atoms with Crippen molar-refractivity contribution in [1.82, 2.24) is 9.88 Å². The summed E-state index contributed by atoms with van der Waals surface area (Å²) in [6, 6.07) is 9.38. The van der Waals surface area contributed by atoms with E-state index >= 15 is 0 Å². The molecule has 1 N–H and O–H groups in total. The van der Waals surface area contributed by atoms with Gasteiger partial charge in [-0.1, -0.05) is 18.2 Å². The van der Waals surface area contributed by atoms with E-state index in [0.29, 0.717) is 6.04 Å². The number of hydrogen-bond acceptors (Lipinski definition) is 1. The monoisotopic (exact) mass is 186 g/mol. The zero-order chi connectivity index (χ0) is 9.71. The lowest BCUT2D eigenvalue weighted by Crippen LogP contribution is -1.96. The van der Waals surface area contributed by atoms with Crippen molar-refractivity contribution in [3.63, 3.8) is 0 Å². The minimum atomic E-state index is 0.590. The lowest BCUT2D eigenvalue weighted by Gasteiger charge is -2.03. The van der Waals surface area contributed by atoms with Crippen molar-refractivity contribution < 1.29 is 0 Å². The average Bonchev–Trinajstić information content (AvgIpc) is 2.93. The van der Waals surface area contributed by atoms with Gasteiger partial charge >= 0.3 is 0 Å². The second-order valence-electron chi connectivity index (χ2n) is 4.10. The number of aryl methyl sites for hydroxylation is 2. The molecule has 0 saturated carbocycles. The lowest BCUT2D eigenvalue weighted by molar-refractivity contribution is 0.846. The molecule has 1 aromatic carbocycles. The lowest BCUT2D eigenvalue weighted by atomic mass is 10.2. The predicted octanol–water partition coefficient (Wildman–Crippen LogP) is 2.13. The van der Waals surface area contributed by atoms with Crippen LogP contribution in [0.15, 0.2) is 24.3 Å². The maximum absolute atomic E-state index is 3.35. The molecule has 3 rings (SSSR count). The molecule has 1 saturated heterocycles. The van der Waals surface area contributed by atoms with Crippen LogP contribution in [0.4, 0.5) is 0 Å². The Morgan fingerprint density at radius 1 is 1.43 bits per heavy atom. The maximum atomic E-state index is 3.35. The molecule has 2 heteroatoms. The number of para-hydroxylation sites is 1. The van der Waals surface area contributed by atoms with E-state index in [1.54, 1.807) is 0 Å². The summed E-state index contributed by atoms with van der Waals surface area (Å²) in [5.41, 5.74) is 4.14. The van der Waals surface area contributed by atoms with Crippen molar-refractivity contribution in [2.24, 2.45) is 7.05 Å². The van der Waals surface area contributed by atoms with Crippen LogP contribution in [0, 0.1) is 6.92 Å². The summed E-state index contributed by atoms with van der Waals surface area (Å²) < 4.78 is 2.31. The summed E-state index contributed by atoms with van der Waals surface area (Å²) >= 11 is 0. The molecule has 2 heterocycles. The topological polar surface area (TPSA) is 26.9 Å². The highest BCUT2D eigenvalue weighted by Gasteiger charge is 2.25. The van der Waals surface area contributed by atoms with Crippen LogP contribution in [0.5, 0.6) is 0 Å². The summed E-state index contributed by atoms with van der Waals surface area (Å²) in [5, 5.41) is 4.71. The van der Waals surface area contributed by atoms with Crippen LogP contribution in [0.3, 0.4) is 0 Å². The quantitative estimate of drug-likeness (QED) is 0.679. The Balaban J connectivity index is 2.34. The first-order valence-electron chi connectivity index (χ1n) is 5.05. The zero-order valence-electron chi connectivity index (χ0n) is 8.54. The SMILES string of the molecule is Cc1cccc2cc([C@H]3CN3)n(C)c12. The number of rotatable bonds is 1. The Bertz CT molecular complexity index is 492. The zero-order valence-corrected chi connectivity index (χ0v) is 8.54. The van der Waals surface area contributed by atoms with Gasteiger partial charge in [0.15, 0.2) is 0 Å². The number of hydrogen-bond donors (Lipinski definition) is 1. The van der Waals surface area contributed by atoms with E-state index in [-0.39, 0.29) is 0 Å². The van der Waals surface area contributed by atoms with Crippen molar-refractivity contribution in [2.75, 3.05) is 6.54 Å². The van der Waals surface area contributed by atoms with Gasteiger partial charge in [0.05, 0.1) is 11.6 Å². The minimum Gasteiger partial charge on any atom is -0.346 e. The second-order valence-corrected chi connectivity index (χ2v) is 4.10. The number of aromatic nitrogens is 1. The van der Waals surface area contributed by atoms with E-state index in [2.05, 4.69) is 48.1 Å². The molecule has 2 nitrogen and oxygen atoms in total. The molecule has 1 atom stereocenters. The van der Waals surface area contributed by atoms with E-state index in [1.807, 2.05) is 0 Å². The van der Waals surface area contributed by atoms with E-state index < -0.39 is 0 Å². The van der Waals surface area contributed by atoms with Crippen LogP contribution < -0.4 is 5.32 Å². The van der Waals surface area contributed by atoms with E-state index in [4.69, 9.17) is 0 Å². The Morgan fingerprint density at radius 2 is 2.21 bits per heavy atom. The van der Waals surface area contributed by atoms with Gasteiger partial charge in [-0.05, 0) is 18.6 Å². The van der Waals surface area contributed by atoms with Gasteiger partial charge in [-0.3, -0.25) is 0 Å². The Kier molecular flexibility index (Phi) is 1.50. The first-order chi connectivity index (χ1) is 6.77. The predicted molar refractivity (Wildman–Crippen MR) is 58.4 cm³/mol. The van der Waals surface area contributed by atoms with E-state index in [1.165, 1.54) is 22.2 Å². The first-order valence-corrected chi connectivity index (χ1v) is 5.05. The van der Waals surface area contributed by atoms with Gasteiger partial charge in [-0.15, -0.1) is 0 Å². The molecule has 1 aromatic heterocycles. The van der Waals surface area contributed by atoms with Gasteiger partial charge in [-0.2, -0.15) is 0 Å². The van der Waals surface area contributed by atoms with Crippen LogP contribution in [0.2, 0.25) is 0 Å².